The predicted molar refractivity (Wildman–Crippen MR) is 126 cm³/mol. The number of nitrogens with zero attached hydrogens (tertiary/aromatic N) is 7. The number of amidine groups is 1. The van der Waals surface area contributed by atoms with Crippen molar-refractivity contribution in [1.29, 1.82) is 0 Å². The molecule has 2 unspecified atom stereocenters. The Kier molecular flexibility index (Phi) is 5.21. The molecule has 0 N–H and O–H groups in total. The topological polar surface area (TPSA) is 79.7 Å². The van der Waals surface area contributed by atoms with Gasteiger partial charge in [-0.1, -0.05) is 0 Å². The Bertz CT molecular complexity index is 1140. The molecule has 0 spiro atoms. The van der Waals surface area contributed by atoms with Crippen molar-refractivity contribution in [3.63, 3.8) is 0 Å². The third kappa shape index (κ3) is 4.01. The van der Waals surface area contributed by atoms with Gasteiger partial charge in [-0.3, -0.25) is 9.67 Å². The number of halogens is 3. The molecule has 35 heavy (non-hydrogen) atoms. The summed E-state index contributed by atoms with van der Waals surface area (Å²) in [4.78, 5) is 21.4. The first-order chi connectivity index (χ1) is 16.6. The number of ether oxygens (including phenoxy) is 1. The molecule has 2 aliphatic carbocycles. The molecule has 0 aromatic carbocycles. The van der Waals surface area contributed by atoms with Crippen molar-refractivity contribution in [1.82, 2.24) is 14.7 Å². The molecule has 1 saturated heterocycles. The summed E-state index contributed by atoms with van der Waals surface area (Å²) in [6.45, 7) is 7.34. The molecule has 5 aliphatic rings. The zero-order chi connectivity index (χ0) is 24.5. The SMILES string of the molecule is CC1=NC2=NC(N3CCO[C@@H](c4cnn(C5CC5)c4)C3)=NC(C)(C3CC(C(F)(F)F)C3)C2N=C1C. The minimum absolute atomic E-state index is 0.0594. The Morgan fingerprint density at radius 2 is 1.89 bits per heavy atom. The van der Waals surface area contributed by atoms with Crippen molar-refractivity contribution < 1.29 is 17.9 Å². The molecule has 0 bridgehead atoms. The maximum absolute atomic E-state index is 13.3. The van der Waals surface area contributed by atoms with Gasteiger partial charge in [0, 0.05) is 18.3 Å². The van der Waals surface area contributed by atoms with Crippen LogP contribution < -0.4 is 0 Å². The van der Waals surface area contributed by atoms with E-state index >= 15 is 0 Å². The van der Waals surface area contributed by atoms with E-state index < -0.39 is 23.7 Å². The van der Waals surface area contributed by atoms with Crippen molar-refractivity contribution in [3.8, 4) is 0 Å². The second-order valence-electron chi connectivity index (χ2n) is 10.6. The Morgan fingerprint density at radius 3 is 2.60 bits per heavy atom. The molecule has 1 aromatic heterocycles. The number of aromatic nitrogens is 2. The fourth-order valence-corrected chi connectivity index (χ4v) is 5.45. The standard InChI is InChI=1S/C24H30F3N7O/c1-13-14(2)30-21-20(29-13)23(3,16-8-17(9-16)24(25,26)27)32-22(31-21)33-6-7-35-19(12-33)15-10-28-34(11-15)18-4-5-18/h10-11,16-20H,4-9,12H2,1-3H3/t16?,17?,19-,20?,23?/m1/s1. The fraction of sp³-hybridized carbons (Fsp3) is 0.708. The van der Waals surface area contributed by atoms with Crippen molar-refractivity contribution in [2.75, 3.05) is 19.7 Å². The van der Waals surface area contributed by atoms with Crippen LogP contribution in [0.1, 0.15) is 64.2 Å². The van der Waals surface area contributed by atoms with Gasteiger partial charge >= 0.3 is 6.18 Å². The second kappa shape index (κ2) is 7.97. The molecular formula is C24H30F3N7O. The van der Waals surface area contributed by atoms with Gasteiger partial charge in [-0.05, 0) is 52.4 Å². The quantitative estimate of drug-likeness (QED) is 0.644. The van der Waals surface area contributed by atoms with E-state index in [2.05, 4.69) is 16.2 Å². The summed E-state index contributed by atoms with van der Waals surface area (Å²) < 4.78 is 48.0. The maximum atomic E-state index is 13.3. The molecule has 6 rings (SSSR count). The van der Waals surface area contributed by atoms with Crippen LogP contribution in [-0.2, 0) is 4.74 Å². The molecule has 0 radical (unpaired) electrons. The van der Waals surface area contributed by atoms with Crippen LogP contribution in [0.25, 0.3) is 0 Å². The molecule has 2 saturated carbocycles. The van der Waals surface area contributed by atoms with Crippen LogP contribution >= 0.6 is 0 Å². The Balaban J connectivity index is 1.29. The van der Waals surface area contributed by atoms with Gasteiger partial charge in [-0.25, -0.2) is 9.98 Å². The van der Waals surface area contributed by atoms with Crippen LogP contribution in [0.3, 0.4) is 0 Å². The molecule has 11 heteroatoms. The summed E-state index contributed by atoms with van der Waals surface area (Å²) in [7, 11) is 0. The number of rotatable bonds is 3. The van der Waals surface area contributed by atoms with Crippen molar-refractivity contribution in [2.24, 2.45) is 31.8 Å². The molecule has 3 fully saturated rings. The van der Waals surface area contributed by atoms with Gasteiger partial charge in [-0.15, -0.1) is 0 Å². The van der Waals surface area contributed by atoms with Gasteiger partial charge in [0.05, 0.1) is 48.3 Å². The van der Waals surface area contributed by atoms with Crippen LogP contribution in [0.15, 0.2) is 32.4 Å². The summed E-state index contributed by atoms with van der Waals surface area (Å²) in [6.07, 6.45) is 2.01. The van der Waals surface area contributed by atoms with E-state index in [4.69, 9.17) is 24.7 Å². The van der Waals surface area contributed by atoms with E-state index in [1.807, 2.05) is 31.6 Å². The third-order valence-electron chi connectivity index (χ3n) is 8.17. The second-order valence-corrected chi connectivity index (χ2v) is 10.6. The molecule has 3 aliphatic heterocycles. The highest BCUT2D eigenvalue weighted by Gasteiger charge is 2.58. The smallest absolute Gasteiger partial charge is 0.370 e. The molecule has 1 aromatic rings. The van der Waals surface area contributed by atoms with Crippen molar-refractivity contribution in [3.05, 3.63) is 18.0 Å². The lowest BCUT2D eigenvalue weighted by Gasteiger charge is -2.49. The number of alkyl halides is 3. The maximum Gasteiger partial charge on any atom is 0.391 e. The van der Waals surface area contributed by atoms with E-state index in [-0.39, 0.29) is 24.9 Å². The first-order valence-corrected chi connectivity index (χ1v) is 12.4. The van der Waals surface area contributed by atoms with Crippen LogP contribution in [0.4, 0.5) is 13.2 Å². The van der Waals surface area contributed by atoms with Crippen LogP contribution in [0.5, 0.6) is 0 Å². The highest BCUT2D eigenvalue weighted by molar-refractivity contribution is 6.44. The summed E-state index contributed by atoms with van der Waals surface area (Å²) in [5.41, 5.74) is 1.75. The Morgan fingerprint density at radius 1 is 1.11 bits per heavy atom. The molecule has 3 atom stereocenters. The van der Waals surface area contributed by atoms with Gasteiger partial charge < -0.3 is 9.64 Å². The Labute approximate surface area is 202 Å². The van der Waals surface area contributed by atoms with Crippen molar-refractivity contribution >= 4 is 23.2 Å². The number of guanidine groups is 1. The largest absolute Gasteiger partial charge is 0.391 e. The predicted octanol–water partition coefficient (Wildman–Crippen LogP) is 4.01. The zero-order valence-corrected chi connectivity index (χ0v) is 20.2. The van der Waals surface area contributed by atoms with Crippen LogP contribution in [-0.4, -0.2) is 75.4 Å². The minimum Gasteiger partial charge on any atom is -0.370 e. The van der Waals surface area contributed by atoms with E-state index in [0.29, 0.717) is 37.5 Å². The van der Waals surface area contributed by atoms with Crippen LogP contribution in [0.2, 0.25) is 0 Å². The van der Waals surface area contributed by atoms with E-state index in [9.17, 15) is 13.2 Å². The van der Waals surface area contributed by atoms with Crippen molar-refractivity contribution in [2.45, 2.75) is 76.4 Å². The molecular weight excluding hydrogens is 459 g/mol. The van der Waals surface area contributed by atoms with Gasteiger partial charge in [-0.2, -0.15) is 23.3 Å². The average Bonchev–Trinajstić information content (AvgIpc) is 3.49. The summed E-state index contributed by atoms with van der Waals surface area (Å²) in [6, 6.07) is 0.0253. The van der Waals surface area contributed by atoms with Gasteiger partial charge in [0.25, 0.3) is 0 Å². The van der Waals surface area contributed by atoms with Gasteiger partial charge in [0.2, 0.25) is 5.96 Å². The normalized spacial score (nSPS) is 35.4. The number of hydrogen-bond donors (Lipinski definition) is 0. The van der Waals surface area contributed by atoms with Crippen LogP contribution in [0, 0.1) is 11.8 Å². The first-order valence-electron chi connectivity index (χ1n) is 12.4. The highest BCUT2D eigenvalue weighted by atomic mass is 19.4. The monoisotopic (exact) mass is 489 g/mol. The number of morpholine rings is 1. The first kappa shape index (κ1) is 22.9. The Hall–Kier alpha value is -2.56. The third-order valence-corrected chi connectivity index (χ3v) is 8.17. The number of fused-ring (bicyclic) bond motifs is 1. The summed E-state index contributed by atoms with van der Waals surface area (Å²) >= 11 is 0. The van der Waals surface area contributed by atoms with Gasteiger partial charge in [0.15, 0.2) is 5.84 Å². The van der Waals surface area contributed by atoms with E-state index in [0.717, 1.165) is 29.8 Å². The molecule has 188 valence electrons. The zero-order valence-electron chi connectivity index (χ0n) is 20.2. The summed E-state index contributed by atoms with van der Waals surface area (Å²) in [5.74, 6) is -0.456. The summed E-state index contributed by atoms with van der Waals surface area (Å²) in [5, 5.41) is 4.49. The average molecular weight is 490 g/mol. The highest BCUT2D eigenvalue weighted by Crippen LogP contribution is 2.52. The van der Waals surface area contributed by atoms with E-state index in [1.165, 1.54) is 0 Å². The van der Waals surface area contributed by atoms with Gasteiger partial charge in [0.1, 0.15) is 12.1 Å². The number of aliphatic imine (C=N–C) groups is 4. The molecule has 8 nitrogen and oxygen atoms in total. The lowest BCUT2D eigenvalue weighted by Crippen LogP contribution is -2.58. The molecule has 0 amide bonds. The lowest BCUT2D eigenvalue weighted by molar-refractivity contribution is -0.209. The van der Waals surface area contributed by atoms with E-state index in [1.54, 1.807) is 0 Å². The fourth-order valence-electron chi connectivity index (χ4n) is 5.45. The molecule has 4 heterocycles. The lowest BCUT2D eigenvalue weighted by atomic mass is 9.62. The number of hydrogen-bond acceptors (Lipinski definition) is 7. The minimum atomic E-state index is -4.17.